The molecular formula is C14H23GeNO. The molecule has 0 aliphatic heterocycles. The number of carbonyl (C=O) groups is 1. The first-order chi connectivity index (χ1) is 7.91. The van der Waals surface area contributed by atoms with Crippen molar-refractivity contribution in [1.82, 2.24) is 4.90 Å². The summed E-state index contributed by atoms with van der Waals surface area (Å²) < 4.78 is 1.31. The Labute approximate surface area is 107 Å². The molecule has 0 saturated heterocycles. The average Bonchev–Trinajstić information content (AvgIpc) is 2.29. The summed E-state index contributed by atoms with van der Waals surface area (Å²) in [6.07, 6.45) is 0. The molecular weight excluding hydrogens is 271 g/mol. The van der Waals surface area contributed by atoms with Crippen molar-refractivity contribution in [2.45, 2.75) is 31.1 Å². The van der Waals surface area contributed by atoms with Crippen molar-refractivity contribution >= 4 is 23.6 Å². The molecule has 1 aromatic carbocycles. The van der Waals surface area contributed by atoms with Crippen LogP contribution in [0.5, 0.6) is 0 Å². The molecule has 1 rings (SSSR count). The van der Waals surface area contributed by atoms with E-state index in [1.54, 1.807) is 0 Å². The second-order valence-corrected chi connectivity index (χ2v) is 15.8. The Hall–Kier alpha value is -0.767. The first-order valence-corrected chi connectivity index (χ1v) is 13.6. The molecule has 0 radical (unpaired) electrons. The summed E-state index contributed by atoms with van der Waals surface area (Å²) >= 11 is -1.97. The van der Waals surface area contributed by atoms with Gasteiger partial charge < -0.3 is 0 Å². The summed E-state index contributed by atoms with van der Waals surface area (Å²) in [6.45, 7) is 5.62. The molecule has 0 aromatic heterocycles. The fourth-order valence-corrected chi connectivity index (χ4v) is 5.35. The summed E-state index contributed by atoms with van der Waals surface area (Å²) in [7, 11) is 0. The minimum atomic E-state index is -1.97. The topological polar surface area (TPSA) is 20.3 Å². The molecule has 1 amide bonds. The van der Waals surface area contributed by atoms with Gasteiger partial charge in [0.2, 0.25) is 0 Å². The second kappa shape index (κ2) is 5.72. The van der Waals surface area contributed by atoms with Gasteiger partial charge in [0.25, 0.3) is 0 Å². The number of nitrogens with zero attached hydrogens (tertiary/aromatic N) is 1. The average molecular weight is 294 g/mol. The molecule has 0 fully saturated rings. The molecule has 1 aromatic rings. The van der Waals surface area contributed by atoms with Crippen molar-refractivity contribution in [2.24, 2.45) is 0 Å². The van der Waals surface area contributed by atoms with Crippen molar-refractivity contribution in [3.05, 3.63) is 29.8 Å². The van der Waals surface area contributed by atoms with Crippen LogP contribution in [0.15, 0.2) is 24.3 Å². The van der Waals surface area contributed by atoms with E-state index in [0.29, 0.717) is 0 Å². The Kier molecular flexibility index (Phi) is 4.81. The van der Waals surface area contributed by atoms with Crippen LogP contribution in [0.2, 0.25) is 17.3 Å². The summed E-state index contributed by atoms with van der Waals surface area (Å²) in [5.74, 6) is 7.17. The number of carbonyl (C=O) groups excluding carboxylic acids is 1. The maximum atomic E-state index is 12.4. The molecule has 0 N–H and O–H groups in total. The van der Waals surface area contributed by atoms with Gasteiger partial charge in [0.15, 0.2) is 0 Å². The quantitative estimate of drug-likeness (QED) is 0.782. The summed E-state index contributed by atoms with van der Waals surface area (Å²) in [4.78, 5) is 14.3. The Balaban J connectivity index is 3.18. The van der Waals surface area contributed by atoms with Crippen molar-refractivity contribution in [1.29, 1.82) is 0 Å². The van der Waals surface area contributed by atoms with Gasteiger partial charge in [0.05, 0.1) is 0 Å². The Bertz CT molecular complexity index is 391. The molecule has 2 nitrogen and oxygen atoms in total. The molecule has 0 unspecified atom stereocenters. The van der Waals surface area contributed by atoms with E-state index in [1.165, 1.54) is 4.40 Å². The molecule has 0 aliphatic rings. The van der Waals surface area contributed by atoms with Crippen molar-refractivity contribution in [3.63, 3.8) is 0 Å². The third kappa shape index (κ3) is 3.35. The fourth-order valence-electron chi connectivity index (χ4n) is 2.00. The predicted octanol–water partition coefficient (Wildman–Crippen LogP) is 2.71. The molecule has 0 spiro atoms. The van der Waals surface area contributed by atoms with Crippen LogP contribution in [0.3, 0.4) is 0 Å². The maximum absolute atomic E-state index is 12.4. The van der Waals surface area contributed by atoms with Crippen LogP contribution in [0.25, 0.3) is 0 Å². The second-order valence-electron chi connectivity index (χ2n) is 5.27. The van der Waals surface area contributed by atoms with E-state index < -0.39 is 13.3 Å². The summed E-state index contributed by atoms with van der Waals surface area (Å²) in [5, 5.41) is 0. The van der Waals surface area contributed by atoms with Crippen LogP contribution in [0.4, 0.5) is 0 Å². The van der Waals surface area contributed by atoms with Crippen LogP contribution in [0.1, 0.15) is 24.2 Å². The van der Waals surface area contributed by atoms with Gasteiger partial charge in [-0.05, 0) is 0 Å². The zero-order valence-corrected chi connectivity index (χ0v) is 13.7. The van der Waals surface area contributed by atoms with E-state index in [2.05, 4.69) is 23.3 Å². The molecule has 17 heavy (non-hydrogen) atoms. The third-order valence-corrected chi connectivity index (χ3v) is 7.32. The predicted molar refractivity (Wildman–Crippen MR) is 76.7 cm³/mol. The first-order valence-electron chi connectivity index (χ1n) is 6.30. The van der Waals surface area contributed by atoms with Gasteiger partial charge in [0.1, 0.15) is 0 Å². The van der Waals surface area contributed by atoms with Crippen molar-refractivity contribution < 1.29 is 4.79 Å². The zero-order valence-electron chi connectivity index (χ0n) is 11.6. The summed E-state index contributed by atoms with van der Waals surface area (Å²) in [6, 6.07) is 8.13. The number of amides is 1. The van der Waals surface area contributed by atoms with Crippen LogP contribution < -0.4 is 4.40 Å². The Morgan fingerprint density at radius 2 is 1.65 bits per heavy atom. The van der Waals surface area contributed by atoms with Gasteiger partial charge in [-0.3, -0.25) is 0 Å². The van der Waals surface area contributed by atoms with Gasteiger partial charge in [-0.25, -0.2) is 0 Å². The van der Waals surface area contributed by atoms with Gasteiger partial charge in [0, 0.05) is 0 Å². The Morgan fingerprint density at radius 1 is 1.12 bits per heavy atom. The van der Waals surface area contributed by atoms with E-state index >= 15 is 0 Å². The number of benzene rings is 1. The van der Waals surface area contributed by atoms with Crippen LogP contribution >= 0.6 is 0 Å². The van der Waals surface area contributed by atoms with E-state index in [1.807, 2.05) is 36.9 Å². The van der Waals surface area contributed by atoms with Crippen LogP contribution in [-0.2, 0) is 0 Å². The number of rotatable bonds is 4. The molecule has 3 heteroatoms. The molecule has 94 valence electrons. The van der Waals surface area contributed by atoms with Gasteiger partial charge in [-0.2, -0.15) is 0 Å². The van der Waals surface area contributed by atoms with Crippen molar-refractivity contribution in [2.75, 3.05) is 13.1 Å². The van der Waals surface area contributed by atoms with Crippen LogP contribution in [-0.4, -0.2) is 37.2 Å². The summed E-state index contributed by atoms with van der Waals surface area (Å²) in [5.41, 5.74) is 0.920. The van der Waals surface area contributed by atoms with Gasteiger partial charge >= 0.3 is 107 Å². The van der Waals surface area contributed by atoms with Crippen LogP contribution in [0, 0.1) is 0 Å². The standard InChI is InChI=1S/C14H23GeNO/c1-6-16(7-2)14(17)12-10-8-9-11-13(12)15(3,4)5/h8-11H,6-7H2,1-5H3. The number of hydrogen-bond acceptors (Lipinski definition) is 1. The first kappa shape index (κ1) is 14.3. The SMILES string of the molecule is CCN(CC)C(=O)c1cccc[c]1[Ge]([CH3])([CH3])[CH3]. The monoisotopic (exact) mass is 295 g/mol. The van der Waals surface area contributed by atoms with E-state index in [4.69, 9.17) is 0 Å². The molecule has 0 heterocycles. The van der Waals surface area contributed by atoms with Gasteiger partial charge in [-0.1, -0.05) is 0 Å². The molecule has 0 aliphatic carbocycles. The van der Waals surface area contributed by atoms with E-state index in [9.17, 15) is 4.79 Å². The minimum absolute atomic E-state index is 0.186. The normalized spacial score (nSPS) is 11.4. The van der Waals surface area contributed by atoms with E-state index in [0.717, 1.165) is 18.7 Å². The third-order valence-electron chi connectivity index (χ3n) is 3.02. The molecule has 0 saturated carbocycles. The fraction of sp³-hybridized carbons (Fsp3) is 0.500. The molecule has 0 atom stereocenters. The zero-order chi connectivity index (χ0) is 13.1. The molecule has 0 bridgehead atoms. The van der Waals surface area contributed by atoms with Gasteiger partial charge in [-0.15, -0.1) is 0 Å². The van der Waals surface area contributed by atoms with Crippen molar-refractivity contribution in [3.8, 4) is 0 Å². The van der Waals surface area contributed by atoms with E-state index in [-0.39, 0.29) is 5.91 Å². The number of hydrogen-bond donors (Lipinski definition) is 0. The Morgan fingerprint density at radius 3 is 2.12 bits per heavy atom.